The van der Waals surface area contributed by atoms with Gasteiger partial charge in [-0.3, -0.25) is 9.36 Å². The molecule has 1 aromatic heterocycles. The lowest BCUT2D eigenvalue weighted by atomic mass is 10.2. The maximum atomic E-state index is 12.3. The number of rotatable bonds is 3. The molecule has 0 aliphatic carbocycles. The van der Waals surface area contributed by atoms with Crippen molar-refractivity contribution >= 4 is 10.9 Å². The zero-order chi connectivity index (χ0) is 13.1. The summed E-state index contributed by atoms with van der Waals surface area (Å²) in [7, 11) is 0. The summed E-state index contributed by atoms with van der Waals surface area (Å²) in [6.07, 6.45) is 1.66. The lowest BCUT2D eigenvalue weighted by Crippen LogP contribution is -3.14. The van der Waals surface area contributed by atoms with E-state index >= 15 is 0 Å². The summed E-state index contributed by atoms with van der Waals surface area (Å²) in [6, 6.07) is 7.48. The van der Waals surface area contributed by atoms with Crippen LogP contribution < -0.4 is 10.5 Å². The van der Waals surface area contributed by atoms with Crippen LogP contribution in [0.2, 0.25) is 0 Å². The van der Waals surface area contributed by atoms with Gasteiger partial charge >= 0.3 is 0 Å². The SMILES string of the molecule is O=c1c2ccccc2ncn1CC[NH+]1CCOCC1. The fourth-order valence-corrected chi connectivity index (χ4v) is 2.45. The Morgan fingerprint density at radius 3 is 2.89 bits per heavy atom. The fourth-order valence-electron chi connectivity index (χ4n) is 2.45. The Morgan fingerprint density at radius 1 is 1.26 bits per heavy atom. The Labute approximate surface area is 111 Å². The molecule has 1 aliphatic rings. The molecule has 1 N–H and O–H groups in total. The topological polar surface area (TPSA) is 48.6 Å². The van der Waals surface area contributed by atoms with E-state index in [0.717, 1.165) is 38.4 Å². The third kappa shape index (κ3) is 2.67. The van der Waals surface area contributed by atoms with Crippen LogP contribution >= 0.6 is 0 Å². The van der Waals surface area contributed by atoms with E-state index in [4.69, 9.17) is 4.74 Å². The zero-order valence-electron chi connectivity index (χ0n) is 10.8. The van der Waals surface area contributed by atoms with E-state index < -0.39 is 0 Å². The highest BCUT2D eigenvalue weighted by Gasteiger charge is 2.13. The molecule has 2 heterocycles. The molecule has 0 unspecified atom stereocenters. The smallest absolute Gasteiger partial charge is 0.261 e. The van der Waals surface area contributed by atoms with Crippen LogP contribution in [-0.4, -0.2) is 42.4 Å². The normalized spacial score (nSPS) is 16.8. The molecule has 1 aliphatic heterocycles. The number of fused-ring (bicyclic) bond motifs is 1. The number of hydrogen-bond acceptors (Lipinski definition) is 3. The largest absolute Gasteiger partial charge is 0.370 e. The molecule has 2 aromatic rings. The first-order valence-corrected chi connectivity index (χ1v) is 6.70. The predicted molar refractivity (Wildman–Crippen MR) is 72.4 cm³/mol. The fraction of sp³-hybridized carbons (Fsp3) is 0.429. The van der Waals surface area contributed by atoms with Gasteiger partial charge in [0, 0.05) is 0 Å². The van der Waals surface area contributed by atoms with Crippen molar-refractivity contribution in [1.82, 2.24) is 9.55 Å². The van der Waals surface area contributed by atoms with Crippen molar-refractivity contribution in [2.24, 2.45) is 0 Å². The van der Waals surface area contributed by atoms with Crippen LogP contribution in [0, 0.1) is 0 Å². The number of nitrogens with one attached hydrogen (secondary N) is 1. The molecule has 0 amide bonds. The molecule has 19 heavy (non-hydrogen) atoms. The second-order valence-corrected chi connectivity index (χ2v) is 4.87. The van der Waals surface area contributed by atoms with E-state index in [1.807, 2.05) is 24.3 Å². The zero-order valence-corrected chi connectivity index (χ0v) is 10.8. The van der Waals surface area contributed by atoms with Gasteiger partial charge in [0.2, 0.25) is 0 Å². The first-order valence-electron chi connectivity index (χ1n) is 6.70. The van der Waals surface area contributed by atoms with Gasteiger partial charge in [-0.2, -0.15) is 0 Å². The van der Waals surface area contributed by atoms with E-state index in [2.05, 4.69) is 4.98 Å². The summed E-state index contributed by atoms with van der Waals surface area (Å²) in [5.41, 5.74) is 0.820. The minimum atomic E-state index is 0.0539. The Bertz CT molecular complexity index is 617. The van der Waals surface area contributed by atoms with Gasteiger partial charge in [-0.25, -0.2) is 4.98 Å². The van der Waals surface area contributed by atoms with Crippen molar-refractivity contribution in [1.29, 1.82) is 0 Å². The average molecular weight is 260 g/mol. The van der Waals surface area contributed by atoms with Gasteiger partial charge in [0.25, 0.3) is 5.56 Å². The number of benzene rings is 1. The second kappa shape index (κ2) is 5.50. The molecule has 100 valence electrons. The highest BCUT2D eigenvalue weighted by Crippen LogP contribution is 2.04. The Morgan fingerprint density at radius 2 is 2.05 bits per heavy atom. The Kier molecular flexibility index (Phi) is 3.57. The average Bonchev–Trinajstić information content (AvgIpc) is 2.48. The van der Waals surface area contributed by atoms with E-state index in [9.17, 15) is 4.79 Å². The minimum absolute atomic E-state index is 0.0539. The van der Waals surface area contributed by atoms with Crippen LogP contribution in [0.4, 0.5) is 0 Å². The molecule has 1 aromatic carbocycles. The van der Waals surface area contributed by atoms with E-state index in [0.29, 0.717) is 11.9 Å². The highest BCUT2D eigenvalue weighted by molar-refractivity contribution is 5.76. The van der Waals surface area contributed by atoms with Crippen LogP contribution in [0.25, 0.3) is 10.9 Å². The Balaban J connectivity index is 1.77. The summed E-state index contributed by atoms with van der Waals surface area (Å²) < 4.78 is 7.04. The van der Waals surface area contributed by atoms with Gasteiger partial charge in [0.1, 0.15) is 13.1 Å². The first kappa shape index (κ1) is 12.3. The number of quaternary nitrogens is 1. The molecule has 1 fully saturated rings. The number of aromatic nitrogens is 2. The van der Waals surface area contributed by atoms with Crippen molar-refractivity contribution < 1.29 is 9.64 Å². The highest BCUT2D eigenvalue weighted by atomic mass is 16.5. The number of ether oxygens (including phenoxy) is 1. The van der Waals surface area contributed by atoms with Crippen molar-refractivity contribution in [3.8, 4) is 0 Å². The quantitative estimate of drug-likeness (QED) is 0.795. The molecule has 1 saturated heterocycles. The molecule has 5 nitrogen and oxygen atoms in total. The minimum Gasteiger partial charge on any atom is -0.370 e. The maximum Gasteiger partial charge on any atom is 0.261 e. The molecule has 0 spiro atoms. The van der Waals surface area contributed by atoms with Gasteiger partial charge in [-0.1, -0.05) is 12.1 Å². The van der Waals surface area contributed by atoms with Gasteiger partial charge in [-0.05, 0) is 12.1 Å². The van der Waals surface area contributed by atoms with E-state index in [1.165, 1.54) is 4.90 Å². The van der Waals surface area contributed by atoms with E-state index in [-0.39, 0.29) is 5.56 Å². The third-order valence-corrected chi connectivity index (χ3v) is 3.64. The number of nitrogens with zero attached hydrogens (tertiary/aromatic N) is 2. The molecule has 0 atom stereocenters. The maximum absolute atomic E-state index is 12.3. The standard InChI is InChI=1S/C14H17N3O2/c18-14-12-3-1-2-4-13(12)15-11-17(14)6-5-16-7-9-19-10-8-16/h1-4,11H,5-10H2/p+1. The summed E-state index contributed by atoms with van der Waals surface area (Å²) >= 11 is 0. The summed E-state index contributed by atoms with van der Waals surface area (Å²) in [6.45, 7) is 5.35. The van der Waals surface area contributed by atoms with Gasteiger partial charge < -0.3 is 9.64 Å². The molecule has 3 rings (SSSR count). The van der Waals surface area contributed by atoms with Crippen molar-refractivity contribution in [2.75, 3.05) is 32.8 Å². The number of para-hydroxylation sites is 1. The molecule has 0 radical (unpaired) electrons. The molecular weight excluding hydrogens is 242 g/mol. The van der Waals surface area contributed by atoms with Crippen LogP contribution in [0.15, 0.2) is 35.4 Å². The lowest BCUT2D eigenvalue weighted by Gasteiger charge is -2.23. The predicted octanol–water partition coefficient (Wildman–Crippen LogP) is -0.688. The van der Waals surface area contributed by atoms with E-state index in [1.54, 1.807) is 10.9 Å². The van der Waals surface area contributed by atoms with Crippen LogP contribution in [0.3, 0.4) is 0 Å². The van der Waals surface area contributed by atoms with Crippen molar-refractivity contribution in [3.05, 3.63) is 40.9 Å². The molecule has 5 heteroatoms. The summed E-state index contributed by atoms with van der Waals surface area (Å²) in [4.78, 5) is 18.1. The van der Waals surface area contributed by atoms with Gasteiger partial charge in [0.05, 0.1) is 43.5 Å². The first-order chi connectivity index (χ1) is 9.34. The second-order valence-electron chi connectivity index (χ2n) is 4.87. The number of hydrogen-bond donors (Lipinski definition) is 1. The molecule has 0 saturated carbocycles. The van der Waals surface area contributed by atoms with Crippen LogP contribution in [-0.2, 0) is 11.3 Å². The van der Waals surface area contributed by atoms with Crippen molar-refractivity contribution in [2.45, 2.75) is 6.54 Å². The third-order valence-electron chi connectivity index (χ3n) is 3.64. The van der Waals surface area contributed by atoms with Gasteiger partial charge in [0.15, 0.2) is 0 Å². The summed E-state index contributed by atoms with van der Waals surface area (Å²) in [5.74, 6) is 0. The Hall–Kier alpha value is -1.72. The van der Waals surface area contributed by atoms with Gasteiger partial charge in [-0.15, -0.1) is 0 Å². The lowest BCUT2D eigenvalue weighted by molar-refractivity contribution is -0.908. The number of morpholine rings is 1. The summed E-state index contributed by atoms with van der Waals surface area (Å²) in [5, 5.41) is 0.696. The van der Waals surface area contributed by atoms with Crippen LogP contribution in [0.5, 0.6) is 0 Å². The molecular formula is C14H18N3O2+. The van der Waals surface area contributed by atoms with Crippen LogP contribution in [0.1, 0.15) is 0 Å². The molecule has 0 bridgehead atoms. The monoisotopic (exact) mass is 260 g/mol. The van der Waals surface area contributed by atoms with Crippen molar-refractivity contribution in [3.63, 3.8) is 0 Å².